The summed E-state index contributed by atoms with van der Waals surface area (Å²) in [4.78, 5) is 102. The second-order valence-electron chi connectivity index (χ2n) is 38.7. The highest BCUT2D eigenvalue weighted by Crippen LogP contribution is 2.52. The number of hydrogen-bond donors (Lipinski definition) is 5. The zero-order chi connectivity index (χ0) is 91.7. The van der Waals surface area contributed by atoms with E-state index in [9.17, 15) is 40.8 Å². The number of alkyl halides is 3. The molecule has 4 spiro atoms. The van der Waals surface area contributed by atoms with E-state index < -0.39 is 27.4 Å². The number of pyridine rings is 2. The van der Waals surface area contributed by atoms with Crippen LogP contribution in [0.5, 0.6) is 0 Å². The van der Waals surface area contributed by atoms with E-state index in [2.05, 4.69) is 264 Å². The van der Waals surface area contributed by atoms with Gasteiger partial charge in [-0.1, -0.05) is 121 Å². The Morgan fingerprint density at radius 1 is 0.362 bits per heavy atom. The van der Waals surface area contributed by atoms with Crippen LogP contribution >= 0.6 is 0 Å². The number of sulfone groups is 1. The van der Waals surface area contributed by atoms with Crippen LogP contribution in [0.1, 0.15) is 137 Å². The molecule has 4 aliphatic carbocycles. The maximum atomic E-state index is 13.1. The van der Waals surface area contributed by atoms with Crippen molar-refractivity contribution >= 4 is 74.3 Å². The number of aromatic nitrogens is 6. The third-order valence-electron chi connectivity index (χ3n) is 30.5. The van der Waals surface area contributed by atoms with Crippen molar-refractivity contribution in [2.24, 2.45) is 0 Å². The summed E-state index contributed by atoms with van der Waals surface area (Å²) in [5, 5.41) is 16.4. The number of halogens is 3. The maximum absolute atomic E-state index is 13.1. The van der Waals surface area contributed by atoms with Crippen molar-refractivity contribution in [2.45, 2.75) is 160 Å². The van der Waals surface area contributed by atoms with Gasteiger partial charge in [-0.25, -0.2) is 57.5 Å². The van der Waals surface area contributed by atoms with Gasteiger partial charge in [0.05, 0.1) is 119 Å². The number of carbonyl (C=O) groups excluding carboxylic acids is 4. The first kappa shape index (κ1) is 92.6. The molecule has 130 heavy (non-hydrogen) atoms. The normalized spacial score (nSPS) is 28.1. The predicted molar refractivity (Wildman–Crippen MR) is 503 cm³/mol. The van der Waals surface area contributed by atoms with Crippen LogP contribution in [0.25, 0.3) is 0 Å². The van der Waals surface area contributed by atoms with Gasteiger partial charge in [0.1, 0.15) is 11.6 Å². The Labute approximate surface area is 763 Å². The Hall–Kier alpha value is -10.7. The molecule has 0 unspecified atom stereocenters. The standard InChI is InChI=1S/C26H36N6O.C25H34N6O3S.C25H34N6O.C21H24F3N5O/c1-29(2)26(21-7-5-4-6-8-21)13-11-25(12-14-26)20-32(24(33)28-25)22-9-10-23(27-19-22)31-17-15-30(3)16-18-31;1-19-21(17-26-22(27-19)30-13-15-35(33,34)16-14-30)31-18-24(28-23(31)32)9-11-25(12-10-24,29(2)3)20-7-5-4-6-8-20;1-29(2)25(20-6-4-3-5-7-20)12-10-24(11-13-25)19-31(23(32)28-24)21-8-9-22(27-18-21)30-16-14-26-15-17-30;1-28(2)20(15-6-4-3-5-7-15)10-8-19(9-11-20)14-29(18(30)27-19)16-12-25-17(26-13-16)21(22,23)24/h4-10,19H,11-18,20H2,1-3H3,(H,28,33);4-8,17H,9-16,18H2,1-3H3,(H,28,32);3-9,18,26H,10-17,19H2,1-2H3,(H,28,32);3-7,12-13H,8-11,14H2,1-2H3,(H,27,30). The first-order chi connectivity index (χ1) is 62.2. The van der Waals surface area contributed by atoms with Crippen LogP contribution in [-0.4, -0.2) is 276 Å². The molecule has 11 fully saturated rings. The van der Waals surface area contributed by atoms with Crippen LogP contribution in [0.3, 0.4) is 0 Å². The van der Waals surface area contributed by atoms with E-state index in [1.807, 2.05) is 64.3 Å². The van der Waals surface area contributed by atoms with E-state index >= 15 is 0 Å². The van der Waals surface area contributed by atoms with Gasteiger partial charge in [-0.2, -0.15) is 13.2 Å². The molecule has 0 radical (unpaired) electrons. The Balaban J connectivity index is 0.000000127. The summed E-state index contributed by atoms with van der Waals surface area (Å²) >= 11 is 0. The smallest absolute Gasteiger partial charge is 0.354 e. The van der Waals surface area contributed by atoms with Crippen molar-refractivity contribution in [1.82, 2.24) is 81.0 Å². The van der Waals surface area contributed by atoms with E-state index in [4.69, 9.17) is 4.98 Å². The molecule has 0 bridgehead atoms. The average Bonchev–Trinajstić information content (AvgIpc) is 1.54. The van der Waals surface area contributed by atoms with Gasteiger partial charge >= 0.3 is 30.3 Å². The van der Waals surface area contributed by atoms with E-state index in [0.29, 0.717) is 50.9 Å². The number of aryl methyl sites for hydroxylation is 1. The molecule has 7 saturated heterocycles. The van der Waals surface area contributed by atoms with Gasteiger partial charge in [-0.3, -0.25) is 39.2 Å². The summed E-state index contributed by atoms with van der Waals surface area (Å²) in [5.74, 6) is 1.53. The van der Waals surface area contributed by atoms with Gasteiger partial charge in [-0.15, -0.1) is 0 Å². The molecular weight excluding hydrogens is 1670 g/mol. The Morgan fingerprint density at radius 2 is 0.677 bits per heavy atom. The minimum Gasteiger partial charge on any atom is -0.354 e. The molecule has 5 N–H and O–H groups in total. The van der Waals surface area contributed by atoms with Gasteiger partial charge in [0.15, 0.2) is 9.84 Å². The Kier molecular flexibility index (Phi) is 26.7. The summed E-state index contributed by atoms with van der Waals surface area (Å²) < 4.78 is 61.6. The SMILES string of the molecule is CN(C)C1(c2ccccc2)CCC2(CC1)CN(c1ccc(N3CCNCC3)nc1)C(=O)N2.CN(C)C1(c2ccccc2)CCC2(CC1)CN(c1cnc(C(F)(F)F)nc1)C(=O)N2.CN1CCN(c2ccc(N3CC4(CCC(c5ccccc5)(N(C)C)CC4)NC3=O)cn2)CC1.Cc1nc(N2CCS(=O)(=O)CC2)ncc1N1CC2(CCC(c3ccccc3)(N(C)C)CC2)NC1=O. The van der Waals surface area contributed by atoms with Gasteiger partial charge in [0.2, 0.25) is 11.8 Å². The molecule has 29 nitrogen and oxygen atoms in total. The zero-order valence-corrected chi connectivity index (χ0v) is 77.7. The predicted octanol–water partition coefficient (Wildman–Crippen LogP) is 12.0. The van der Waals surface area contributed by atoms with Gasteiger partial charge in [-0.05, 0) is 220 Å². The first-order valence-corrected chi connectivity index (χ1v) is 47.8. The van der Waals surface area contributed by atoms with E-state index in [0.717, 1.165) is 196 Å². The summed E-state index contributed by atoms with van der Waals surface area (Å²) in [6, 6.07) is 50.4. The second-order valence-corrected chi connectivity index (χ2v) is 41.0. The maximum Gasteiger partial charge on any atom is 0.451 e. The third-order valence-corrected chi connectivity index (χ3v) is 32.1. The Morgan fingerprint density at radius 3 is 0.992 bits per heavy atom. The number of piperazine rings is 2. The lowest BCUT2D eigenvalue weighted by Crippen LogP contribution is -2.54. The lowest BCUT2D eigenvalue weighted by atomic mass is 9.69. The van der Waals surface area contributed by atoms with E-state index in [-0.39, 0.29) is 80.1 Å². The number of urea groups is 4. The summed E-state index contributed by atoms with van der Waals surface area (Å²) in [6.45, 7) is 13.1. The number of anilines is 7. The number of likely N-dealkylation sites (N-methyl/N-ethyl adjacent to an activating group) is 1. The van der Waals surface area contributed by atoms with E-state index in [1.165, 1.54) is 27.2 Å². The largest absolute Gasteiger partial charge is 0.451 e. The molecule has 8 aromatic rings. The van der Waals surface area contributed by atoms with Crippen molar-refractivity contribution < 1.29 is 40.8 Å². The van der Waals surface area contributed by atoms with Crippen molar-refractivity contribution in [3.05, 3.63) is 210 Å². The third kappa shape index (κ3) is 19.1. The number of rotatable bonds is 15. The molecular formula is C97H128F3N23O6S. The molecule has 4 aromatic heterocycles. The van der Waals surface area contributed by atoms with Crippen LogP contribution in [-0.2, 0) is 38.2 Å². The minimum atomic E-state index is -4.61. The molecule has 8 amide bonds. The first-order valence-electron chi connectivity index (χ1n) is 46.0. The van der Waals surface area contributed by atoms with Crippen LogP contribution in [0.2, 0.25) is 0 Å². The average molecular weight is 1800 g/mol. The minimum absolute atomic E-state index is 0.00112. The zero-order valence-electron chi connectivity index (χ0n) is 76.9. The number of nitrogens with zero attached hydrogens (tertiary/aromatic N) is 18. The van der Waals surface area contributed by atoms with Gasteiger partial charge in [0, 0.05) is 87.6 Å². The fraction of sp³-hybridized carbons (Fsp3) is 0.526. The van der Waals surface area contributed by atoms with Gasteiger partial charge < -0.3 is 46.2 Å². The Bertz CT molecular complexity index is 5320. The molecule has 4 saturated carbocycles. The number of hydrogen-bond acceptors (Lipinski definition) is 21. The molecule has 11 aliphatic rings. The number of benzene rings is 4. The van der Waals surface area contributed by atoms with Crippen LogP contribution in [0, 0.1) is 6.92 Å². The lowest BCUT2D eigenvalue weighted by Gasteiger charge is -2.48. The number of nitrogens with one attached hydrogen (secondary N) is 5. The van der Waals surface area contributed by atoms with Crippen molar-refractivity contribution in [2.75, 3.05) is 201 Å². The fourth-order valence-corrected chi connectivity index (χ4v) is 23.3. The summed E-state index contributed by atoms with van der Waals surface area (Å²) in [7, 11) is 16.3. The fourth-order valence-electron chi connectivity index (χ4n) is 22.1. The summed E-state index contributed by atoms with van der Waals surface area (Å²) in [6.07, 6.45) is 17.9. The number of amides is 8. The van der Waals surface area contributed by atoms with E-state index in [1.54, 1.807) is 11.1 Å². The van der Waals surface area contributed by atoms with Crippen LogP contribution < -0.4 is 60.9 Å². The molecule has 7 aliphatic heterocycles. The molecule has 33 heteroatoms. The van der Waals surface area contributed by atoms with Crippen molar-refractivity contribution in [3.63, 3.8) is 0 Å². The molecule has 4 aromatic carbocycles. The second kappa shape index (κ2) is 37.5. The molecule has 19 rings (SSSR count). The molecule has 694 valence electrons. The highest BCUT2D eigenvalue weighted by atomic mass is 32.2. The highest BCUT2D eigenvalue weighted by molar-refractivity contribution is 7.91. The van der Waals surface area contributed by atoms with Crippen molar-refractivity contribution in [1.29, 1.82) is 0 Å². The highest BCUT2D eigenvalue weighted by Gasteiger charge is 2.56. The van der Waals surface area contributed by atoms with Crippen LogP contribution in [0.15, 0.2) is 177 Å². The molecule has 11 heterocycles. The van der Waals surface area contributed by atoms with Gasteiger partial charge in [0.25, 0.3) is 0 Å². The summed E-state index contributed by atoms with van der Waals surface area (Å²) in [5.41, 5.74) is 7.68. The topological polar surface area (TPSA) is 279 Å². The van der Waals surface area contributed by atoms with Crippen molar-refractivity contribution in [3.8, 4) is 0 Å². The van der Waals surface area contributed by atoms with Crippen LogP contribution in [0.4, 0.5) is 72.7 Å². The monoisotopic (exact) mass is 1800 g/mol. The lowest BCUT2D eigenvalue weighted by molar-refractivity contribution is -0.145. The molecule has 0 atom stereocenters. The number of carbonyl (C=O) groups is 4. The quantitative estimate of drug-likeness (QED) is 0.0638.